The predicted molar refractivity (Wildman–Crippen MR) is 82.3 cm³/mol. The van der Waals surface area contributed by atoms with E-state index in [-0.39, 0.29) is 12.2 Å². The Morgan fingerprint density at radius 1 is 1.08 bits per heavy atom. The quantitative estimate of drug-likeness (QED) is 0.640. The summed E-state index contributed by atoms with van der Waals surface area (Å²) in [6.07, 6.45) is -1.42. The summed E-state index contributed by atoms with van der Waals surface area (Å²) in [6, 6.07) is 7.33. The third kappa shape index (κ3) is 4.72. The molecule has 2 rings (SSSR count). The van der Waals surface area contributed by atoms with E-state index in [0.717, 1.165) is 6.07 Å². The fraction of sp³-hybridized carbons (Fsp3) is 0.176. The molecule has 0 aliphatic heterocycles. The van der Waals surface area contributed by atoms with E-state index in [4.69, 9.17) is 9.84 Å². The Bertz CT molecular complexity index is 793. The van der Waals surface area contributed by atoms with E-state index in [1.165, 1.54) is 31.2 Å². The molecule has 0 aromatic heterocycles. The van der Waals surface area contributed by atoms with Gasteiger partial charge in [-0.1, -0.05) is 12.1 Å². The first kappa shape index (κ1) is 18.3. The van der Waals surface area contributed by atoms with Crippen LogP contribution in [0.4, 0.5) is 18.9 Å². The Hall–Kier alpha value is -3.03. The lowest BCUT2D eigenvalue weighted by Gasteiger charge is -2.14. The Morgan fingerprint density at radius 3 is 2.36 bits per heavy atom. The predicted octanol–water partition coefficient (Wildman–Crippen LogP) is 2.92. The third-order valence-corrected chi connectivity index (χ3v) is 3.26. The number of halogens is 3. The summed E-state index contributed by atoms with van der Waals surface area (Å²) < 4.78 is 44.4. The number of esters is 1. The molecule has 2 aromatic carbocycles. The van der Waals surface area contributed by atoms with Gasteiger partial charge in [0, 0.05) is 0 Å². The van der Waals surface area contributed by atoms with Gasteiger partial charge in [0.15, 0.2) is 23.6 Å². The number of nitrogens with one attached hydrogen (secondary N) is 1. The van der Waals surface area contributed by atoms with Crippen LogP contribution in [0.2, 0.25) is 0 Å². The van der Waals surface area contributed by atoms with Crippen molar-refractivity contribution in [1.29, 1.82) is 0 Å². The molecule has 0 aliphatic carbocycles. The summed E-state index contributed by atoms with van der Waals surface area (Å²) in [4.78, 5) is 23.7. The zero-order valence-electron chi connectivity index (χ0n) is 13.1. The molecule has 1 atom stereocenters. The van der Waals surface area contributed by atoms with Gasteiger partial charge < -0.3 is 15.2 Å². The van der Waals surface area contributed by atoms with Gasteiger partial charge in [-0.05, 0) is 36.8 Å². The van der Waals surface area contributed by atoms with E-state index in [1.807, 2.05) is 5.32 Å². The fourth-order valence-electron chi connectivity index (χ4n) is 1.93. The van der Waals surface area contributed by atoms with Gasteiger partial charge in [0.2, 0.25) is 0 Å². The SMILES string of the molecule is C[C@@H](OC(=O)Cc1ccc(O)cc1)C(=O)Nc1ccc(F)c(F)c1F. The lowest BCUT2D eigenvalue weighted by molar-refractivity contribution is -0.152. The van der Waals surface area contributed by atoms with Crippen LogP contribution < -0.4 is 5.32 Å². The molecule has 0 bridgehead atoms. The molecule has 0 unspecified atom stereocenters. The molecule has 2 aromatic rings. The molecule has 0 aliphatic rings. The molecule has 0 spiro atoms. The van der Waals surface area contributed by atoms with Crippen LogP contribution in [0.1, 0.15) is 12.5 Å². The van der Waals surface area contributed by atoms with Gasteiger partial charge in [0.05, 0.1) is 12.1 Å². The average Bonchev–Trinajstić information content (AvgIpc) is 2.57. The summed E-state index contributed by atoms with van der Waals surface area (Å²) >= 11 is 0. The van der Waals surface area contributed by atoms with Crippen molar-refractivity contribution in [3.8, 4) is 5.75 Å². The second-order valence-electron chi connectivity index (χ2n) is 5.19. The van der Waals surface area contributed by atoms with Gasteiger partial charge in [0.25, 0.3) is 5.91 Å². The summed E-state index contributed by atoms with van der Waals surface area (Å²) in [5.74, 6) is -6.23. The monoisotopic (exact) mass is 353 g/mol. The smallest absolute Gasteiger partial charge is 0.311 e. The number of anilines is 1. The number of aromatic hydroxyl groups is 1. The van der Waals surface area contributed by atoms with Crippen LogP contribution in [-0.4, -0.2) is 23.1 Å². The first-order chi connectivity index (χ1) is 11.8. The molecule has 1 amide bonds. The number of rotatable bonds is 5. The van der Waals surface area contributed by atoms with E-state index in [2.05, 4.69) is 0 Å². The highest BCUT2D eigenvalue weighted by Gasteiger charge is 2.21. The molecule has 5 nitrogen and oxygen atoms in total. The van der Waals surface area contributed by atoms with Crippen molar-refractivity contribution in [2.75, 3.05) is 5.32 Å². The topological polar surface area (TPSA) is 75.6 Å². The van der Waals surface area contributed by atoms with E-state index in [1.54, 1.807) is 0 Å². The molecule has 8 heteroatoms. The lowest BCUT2D eigenvalue weighted by atomic mass is 10.1. The molecule has 132 valence electrons. The zero-order valence-corrected chi connectivity index (χ0v) is 13.1. The number of hydrogen-bond acceptors (Lipinski definition) is 4. The molecule has 25 heavy (non-hydrogen) atoms. The molecule has 0 heterocycles. The highest BCUT2D eigenvalue weighted by molar-refractivity contribution is 5.95. The Morgan fingerprint density at radius 2 is 1.72 bits per heavy atom. The standard InChI is InChI=1S/C17H14F3NO4/c1-9(25-14(23)8-10-2-4-11(22)5-3-10)17(24)21-13-7-6-12(18)15(19)16(13)20/h2-7,9,22H,8H2,1H3,(H,21,24)/t9-/m1/s1. The lowest BCUT2D eigenvalue weighted by Crippen LogP contribution is -2.30. The second kappa shape index (κ2) is 7.69. The fourth-order valence-corrected chi connectivity index (χ4v) is 1.93. The van der Waals surface area contributed by atoms with Crippen molar-refractivity contribution < 1.29 is 32.6 Å². The molecule has 2 N–H and O–H groups in total. The van der Waals surface area contributed by atoms with E-state index >= 15 is 0 Å². The number of carbonyl (C=O) groups is 2. The largest absolute Gasteiger partial charge is 0.508 e. The summed E-state index contributed by atoms with van der Waals surface area (Å²) in [5.41, 5.74) is -0.00704. The van der Waals surface area contributed by atoms with Crippen molar-refractivity contribution in [3.05, 3.63) is 59.4 Å². The molecule has 0 saturated carbocycles. The maximum absolute atomic E-state index is 13.5. The van der Waals surface area contributed by atoms with Gasteiger partial charge in [-0.3, -0.25) is 9.59 Å². The van der Waals surface area contributed by atoms with Gasteiger partial charge >= 0.3 is 5.97 Å². The number of phenols is 1. The number of benzene rings is 2. The van der Waals surface area contributed by atoms with Crippen LogP contribution in [0.3, 0.4) is 0 Å². The van der Waals surface area contributed by atoms with Gasteiger partial charge in [-0.25, -0.2) is 13.2 Å². The number of ether oxygens (including phenoxy) is 1. The van der Waals surface area contributed by atoms with Gasteiger partial charge in [-0.15, -0.1) is 0 Å². The van der Waals surface area contributed by atoms with Crippen LogP contribution in [-0.2, 0) is 20.7 Å². The number of hydrogen-bond donors (Lipinski definition) is 2. The normalized spacial score (nSPS) is 11.7. The maximum Gasteiger partial charge on any atom is 0.311 e. The molecule has 0 saturated heterocycles. The number of phenolic OH excluding ortho intramolecular Hbond substituents is 1. The van der Waals surface area contributed by atoms with E-state index < -0.39 is 41.1 Å². The van der Waals surface area contributed by atoms with Crippen molar-refractivity contribution in [2.24, 2.45) is 0 Å². The van der Waals surface area contributed by atoms with Crippen LogP contribution in [0, 0.1) is 17.5 Å². The van der Waals surface area contributed by atoms with E-state index in [0.29, 0.717) is 11.6 Å². The molecule has 0 radical (unpaired) electrons. The molecular formula is C17H14F3NO4. The highest BCUT2D eigenvalue weighted by Crippen LogP contribution is 2.20. The summed E-state index contributed by atoms with van der Waals surface area (Å²) in [7, 11) is 0. The first-order valence-corrected chi connectivity index (χ1v) is 7.19. The minimum Gasteiger partial charge on any atom is -0.508 e. The van der Waals surface area contributed by atoms with Crippen LogP contribution in [0.25, 0.3) is 0 Å². The minimum atomic E-state index is -1.71. The Labute approximate surface area is 141 Å². The van der Waals surface area contributed by atoms with Gasteiger partial charge in [0.1, 0.15) is 5.75 Å². The zero-order chi connectivity index (χ0) is 18.6. The van der Waals surface area contributed by atoms with Crippen molar-refractivity contribution in [1.82, 2.24) is 0 Å². The van der Waals surface area contributed by atoms with Crippen LogP contribution >= 0.6 is 0 Å². The highest BCUT2D eigenvalue weighted by atomic mass is 19.2. The average molecular weight is 353 g/mol. The maximum atomic E-state index is 13.5. The molecular weight excluding hydrogens is 339 g/mol. The number of amides is 1. The first-order valence-electron chi connectivity index (χ1n) is 7.19. The summed E-state index contributed by atoms with van der Waals surface area (Å²) in [5, 5.41) is 11.2. The van der Waals surface area contributed by atoms with Crippen molar-refractivity contribution in [2.45, 2.75) is 19.4 Å². The Balaban J connectivity index is 1.94. The second-order valence-corrected chi connectivity index (χ2v) is 5.19. The molecule has 0 fully saturated rings. The third-order valence-electron chi connectivity index (χ3n) is 3.26. The van der Waals surface area contributed by atoms with Crippen molar-refractivity contribution >= 4 is 17.6 Å². The number of carbonyl (C=O) groups excluding carboxylic acids is 2. The minimum absolute atomic E-state index is 0.0402. The van der Waals surface area contributed by atoms with Crippen LogP contribution in [0.15, 0.2) is 36.4 Å². The van der Waals surface area contributed by atoms with Crippen molar-refractivity contribution in [3.63, 3.8) is 0 Å². The van der Waals surface area contributed by atoms with E-state index in [9.17, 15) is 22.8 Å². The Kier molecular flexibility index (Phi) is 5.63. The van der Waals surface area contributed by atoms with Gasteiger partial charge in [-0.2, -0.15) is 0 Å². The van der Waals surface area contributed by atoms with Crippen LogP contribution in [0.5, 0.6) is 5.75 Å². The summed E-state index contributed by atoms with van der Waals surface area (Å²) in [6.45, 7) is 1.25.